The summed E-state index contributed by atoms with van der Waals surface area (Å²) in [5, 5.41) is 3.29. The van der Waals surface area contributed by atoms with Crippen molar-refractivity contribution in [2.75, 3.05) is 25.6 Å². The Balaban J connectivity index is 1.25. The highest BCUT2D eigenvalue weighted by atomic mass is 32.2. The molecule has 0 aliphatic carbocycles. The fourth-order valence-corrected chi connectivity index (χ4v) is 5.46. The molecule has 34 heavy (non-hydrogen) atoms. The molecule has 0 radical (unpaired) electrons. The minimum absolute atomic E-state index is 0.204. The maximum Gasteiger partial charge on any atom is 0.240 e. The number of anilines is 1. The van der Waals surface area contributed by atoms with Crippen LogP contribution in [0.5, 0.6) is 5.75 Å². The molecule has 4 atom stereocenters. The van der Waals surface area contributed by atoms with Gasteiger partial charge in [0.15, 0.2) is 0 Å². The van der Waals surface area contributed by atoms with Gasteiger partial charge in [0.05, 0.1) is 43.0 Å². The fourth-order valence-electron chi connectivity index (χ4n) is 4.23. The van der Waals surface area contributed by atoms with Gasteiger partial charge < -0.3 is 19.5 Å². The van der Waals surface area contributed by atoms with Gasteiger partial charge in [-0.1, -0.05) is 17.7 Å². The molecule has 0 spiro atoms. The second-order valence-corrected chi connectivity index (χ2v) is 10.1. The molecular weight excluding hydrogens is 456 g/mol. The number of ether oxygens (including phenoxy) is 3. The molecule has 2 fully saturated rings. The summed E-state index contributed by atoms with van der Waals surface area (Å²) >= 11 is 0. The summed E-state index contributed by atoms with van der Waals surface area (Å²) in [4.78, 5) is 9.17. The minimum atomic E-state index is -3.68. The van der Waals surface area contributed by atoms with Gasteiger partial charge in [-0.15, -0.1) is 0 Å². The van der Waals surface area contributed by atoms with Crippen molar-refractivity contribution in [1.29, 1.82) is 0 Å². The van der Waals surface area contributed by atoms with E-state index in [1.54, 1.807) is 37.6 Å². The SMILES string of the molecule is COc1ccc(-c2ccnc(N[C@H]3CO[C@H]4[C@@H]3OC[C@@H]4NS(=O)(=O)c3ccc(C)cc3)n2)cc1. The first-order valence-electron chi connectivity index (χ1n) is 11.0. The van der Waals surface area contributed by atoms with Crippen LogP contribution in [0.4, 0.5) is 5.95 Å². The Labute approximate surface area is 198 Å². The van der Waals surface area contributed by atoms with E-state index in [1.807, 2.05) is 37.3 Å². The van der Waals surface area contributed by atoms with Gasteiger partial charge in [-0.2, -0.15) is 0 Å². The lowest BCUT2D eigenvalue weighted by Gasteiger charge is -2.18. The van der Waals surface area contributed by atoms with Gasteiger partial charge in [-0.3, -0.25) is 0 Å². The van der Waals surface area contributed by atoms with E-state index in [-0.39, 0.29) is 23.6 Å². The van der Waals surface area contributed by atoms with Crippen molar-refractivity contribution in [3.05, 3.63) is 66.4 Å². The average molecular weight is 483 g/mol. The number of rotatable bonds is 7. The first-order valence-corrected chi connectivity index (χ1v) is 12.5. The summed E-state index contributed by atoms with van der Waals surface area (Å²) < 4.78 is 45.4. The molecule has 2 aromatic carbocycles. The summed E-state index contributed by atoms with van der Waals surface area (Å²) in [5.74, 6) is 1.23. The lowest BCUT2D eigenvalue weighted by atomic mass is 10.1. The van der Waals surface area contributed by atoms with Crippen LogP contribution >= 0.6 is 0 Å². The second kappa shape index (κ2) is 9.30. The monoisotopic (exact) mass is 482 g/mol. The third kappa shape index (κ3) is 4.62. The zero-order chi connectivity index (χ0) is 23.7. The van der Waals surface area contributed by atoms with Crippen LogP contribution in [0, 0.1) is 6.92 Å². The highest BCUT2D eigenvalue weighted by Crippen LogP contribution is 2.30. The molecule has 2 saturated heterocycles. The van der Waals surface area contributed by atoms with Gasteiger partial charge in [0.1, 0.15) is 18.0 Å². The van der Waals surface area contributed by atoms with Gasteiger partial charge in [0, 0.05) is 11.8 Å². The van der Waals surface area contributed by atoms with E-state index in [0.717, 1.165) is 22.6 Å². The normalized spacial score (nSPS) is 24.1. The largest absolute Gasteiger partial charge is 0.497 e. The average Bonchev–Trinajstić information content (AvgIpc) is 3.43. The van der Waals surface area contributed by atoms with Crippen LogP contribution < -0.4 is 14.8 Å². The summed E-state index contributed by atoms with van der Waals surface area (Å²) in [5.41, 5.74) is 2.70. The fraction of sp³-hybridized carbons (Fsp3) is 0.333. The van der Waals surface area contributed by atoms with E-state index in [0.29, 0.717) is 12.6 Å². The number of hydrogen-bond acceptors (Lipinski definition) is 8. The zero-order valence-corrected chi connectivity index (χ0v) is 19.7. The van der Waals surface area contributed by atoms with E-state index >= 15 is 0 Å². The van der Waals surface area contributed by atoms with Gasteiger partial charge in [0.25, 0.3) is 0 Å². The smallest absolute Gasteiger partial charge is 0.240 e. The number of sulfonamides is 1. The third-order valence-corrected chi connectivity index (χ3v) is 7.55. The molecule has 1 aromatic heterocycles. The molecule has 2 aliphatic heterocycles. The van der Waals surface area contributed by atoms with E-state index in [9.17, 15) is 8.42 Å². The van der Waals surface area contributed by atoms with E-state index in [1.165, 1.54) is 0 Å². The Hall–Kier alpha value is -3.05. The Kier molecular flexibility index (Phi) is 6.22. The predicted octanol–water partition coefficient (Wildman–Crippen LogP) is 2.39. The number of nitrogens with one attached hydrogen (secondary N) is 2. The molecule has 178 valence electrons. The van der Waals surface area contributed by atoms with Crippen molar-refractivity contribution in [1.82, 2.24) is 14.7 Å². The molecule has 0 unspecified atom stereocenters. The van der Waals surface area contributed by atoms with E-state index in [2.05, 4.69) is 20.0 Å². The topological polar surface area (TPSA) is 112 Å². The molecule has 0 bridgehead atoms. The van der Waals surface area contributed by atoms with Crippen LogP contribution in [0.15, 0.2) is 65.7 Å². The summed E-state index contributed by atoms with van der Waals surface area (Å²) in [7, 11) is -2.05. The lowest BCUT2D eigenvalue weighted by molar-refractivity contribution is 0.0690. The highest BCUT2D eigenvalue weighted by Gasteiger charge is 2.49. The van der Waals surface area contributed by atoms with Crippen LogP contribution in [0.3, 0.4) is 0 Å². The summed E-state index contributed by atoms with van der Waals surface area (Å²) in [6, 6.07) is 15.5. The van der Waals surface area contributed by atoms with Crippen LogP contribution in [0.25, 0.3) is 11.3 Å². The maximum absolute atomic E-state index is 12.8. The molecule has 2 N–H and O–H groups in total. The number of aryl methyl sites for hydroxylation is 1. The van der Waals surface area contributed by atoms with Gasteiger partial charge >= 0.3 is 0 Å². The van der Waals surface area contributed by atoms with E-state index < -0.39 is 22.2 Å². The molecule has 0 saturated carbocycles. The van der Waals surface area contributed by atoms with Gasteiger partial charge in [0.2, 0.25) is 16.0 Å². The van der Waals surface area contributed by atoms with E-state index in [4.69, 9.17) is 14.2 Å². The van der Waals surface area contributed by atoms with Crippen LogP contribution in [0.1, 0.15) is 5.56 Å². The molecule has 3 aromatic rings. The van der Waals surface area contributed by atoms with Crippen molar-refractivity contribution in [3.63, 3.8) is 0 Å². The molecule has 10 heteroatoms. The number of aromatic nitrogens is 2. The Morgan fingerprint density at radius 1 is 0.941 bits per heavy atom. The first-order chi connectivity index (χ1) is 16.4. The van der Waals surface area contributed by atoms with Crippen molar-refractivity contribution in [3.8, 4) is 17.0 Å². The van der Waals surface area contributed by atoms with Crippen molar-refractivity contribution >= 4 is 16.0 Å². The molecule has 5 rings (SSSR count). The number of fused-ring (bicyclic) bond motifs is 1. The number of nitrogens with zero attached hydrogens (tertiary/aromatic N) is 2. The van der Waals surface area contributed by atoms with Crippen LogP contribution in [0.2, 0.25) is 0 Å². The highest BCUT2D eigenvalue weighted by molar-refractivity contribution is 7.89. The Morgan fingerprint density at radius 2 is 1.62 bits per heavy atom. The van der Waals surface area contributed by atoms with Crippen molar-refractivity contribution in [2.45, 2.75) is 36.1 Å². The second-order valence-electron chi connectivity index (χ2n) is 8.38. The Morgan fingerprint density at radius 3 is 2.32 bits per heavy atom. The first kappa shape index (κ1) is 22.7. The molecule has 2 aliphatic rings. The summed E-state index contributed by atoms with van der Waals surface area (Å²) in [6.07, 6.45) is 0.970. The molecule has 3 heterocycles. The number of methoxy groups -OCH3 is 1. The maximum atomic E-state index is 12.8. The predicted molar refractivity (Wildman–Crippen MR) is 126 cm³/mol. The summed E-state index contributed by atoms with van der Waals surface area (Å²) in [6.45, 7) is 2.49. The van der Waals surface area contributed by atoms with Crippen LogP contribution in [-0.4, -0.2) is 63.0 Å². The molecular formula is C24H26N4O5S. The third-order valence-electron chi connectivity index (χ3n) is 6.05. The quantitative estimate of drug-likeness (QED) is 0.528. The minimum Gasteiger partial charge on any atom is -0.497 e. The van der Waals surface area contributed by atoms with Crippen molar-refractivity contribution in [2.24, 2.45) is 0 Å². The number of hydrogen-bond donors (Lipinski definition) is 2. The van der Waals surface area contributed by atoms with Gasteiger partial charge in [-0.05, 0) is 49.4 Å². The lowest BCUT2D eigenvalue weighted by Crippen LogP contribution is -2.44. The standard InChI is InChI=1S/C24H26N4O5S/c1-15-3-9-18(10-4-15)34(29,30)28-21-14-33-22-20(13-32-23(21)22)27-24-25-12-11-19(26-24)16-5-7-17(31-2)8-6-16/h3-12,20-23,28H,13-14H2,1-2H3,(H,25,26,27)/t20-,21-,22+,23+/m0/s1. The zero-order valence-electron chi connectivity index (χ0n) is 18.8. The molecule has 0 amide bonds. The van der Waals surface area contributed by atoms with Crippen LogP contribution in [-0.2, 0) is 19.5 Å². The number of benzene rings is 2. The molecule has 9 nitrogen and oxygen atoms in total. The Bertz CT molecular complexity index is 1250. The van der Waals surface area contributed by atoms with Gasteiger partial charge in [-0.25, -0.2) is 23.1 Å². The van der Waals surface area contributed by atoms with Crippen molar-refractivity contribution < 1.29 is 22.6 Å².